The van der Waals surface area contributed by atoms with Gasteiger partial charge in [-0.1, -0.05) is 20.8 Å². The molecule has 0 amide bonds. The zero-order valence-electron chi connectivity index (χ0n) is 12.2. The highest BCUT2D eigenvalue weighted by Crippen LogP contribution is 2.18. The van der Waals surface area contributed by atoms with Crippen molar-refractivity contribution in [2.24, 2.45) is 7.05 Å². The predicted octanol–water partition coefficient (Wildman–Crippen LogP) is 2.45. The summed E-state index contributed by atoms with van der Waals surface area (Å²) >= 11 is 0. The topological polar surface area (TPSA) is 39.1 Å². The molecule has 0 spiro atoms. The van der Waals surface area contributed by atoms with Crippen molar-refractivity contribution in [3.63, 3.8) is 0 Å². The minimum atomic E-state index is 0.264. The van der Waals surface area contributed by atoms with Crippen LogP contribution in [-0.4, -0.2) is 29.5 Å². The molecule has 0 saturated carbocycles. The third-order valence-electron chi connectivity index (χ3n) is 2.92. The third kappa shape index (κ3) is 4.42. The molecular formula is C14H27N3O. The number of aromatic nitrogens is 2. The van der Waals surface area contributed by atoms with Crippen LogP contribution in [0, 0.1) is 0 Å². The minimum Gasteiger partial charge on any atom is -0.379 e. The summed E-state index contributed by atoms with van der Waals surface area (Å²) < 4.78 is 7.60. The lowest BCUT2D eigenvalue weighted by molar-refractivity contribution is 0.111. The molecule has 1 heterocycles. The zero-order valence-corrected chi connectivity index (χ0v) is 12.2. The Labute approximate surface area is 111 Å². The van der Waals surface area contributed by atoms with E-state index in [0.29, 0.717) is 0 Å². The van der Waals surface area contributed by atoms with E-state index in [1.165, 1.54) is 11.3 Å². The lowest BCUT2D eigenvalue weighted by Gasteiger charge is -2.18. The number of nitrogens with zero attached hydrogens (tertiary/aromatic N) is 2. The molecule has 0 fully saturated rings. The maximum Gasteiger partial charge on any atom is 0.0670 e. The molecule has 0 bridgehead atoms. The molecule has 0 aliphatic heterocycles. The van der Waals surface area contributed by atoms with Crippen LogP contribution in [0.3, 0.4) is 0 Å². The summed E-state index contributed by atoms with van der Waals surface area (Å²) in [5.74, 6) is 0. The highest BCUT2D eigenvalue weighted by molar-refractivity contribution is 5.21. The van der Waals surface area contributed by atoms with Gasteiger partial charge in [-0.15, -0.1) is 0 Å². The summed E-state index contributed by atoms with van der Waals surface area (Å²) in [5, 5.41) is 8.06. The van der Waals surface area contributed by atoms with Crippen molar-refractivity contribution in [1.29, 1.82) is 0 Å². The molecule has 4 nitrogen and oxygen atoms in total. The zero-order chi connectivity index (χ0) is 13.4. The summed E-state index contributed by atoms with van der Waals surface area (Å²) in [6, 6.07) is 0.264. The van der Waals surface area contributed by atoms with Gasteiger partial charge in [0.2, 0.25) is 0 Å². The van der Waals surface area contributed by atoms with E-state index in [4.69, 9.17) is 4.74 Å². The Morgan fingerprint density at radius 3 is 2.72 bits per heavy atom. The van der Waals surface area contributed by atoms with Gasteiger partial charge in [0.1, 0.15) is 0 Å². The molecule has 0 radical (unpaired) electrons. The minimum absolute atomic E-state index is 0.264. The Kier molecular flexibility index (Phi) is 6.98. The molecule has 1 atom stereocenters. The van der Waals surface area contributed by atoms with Crippen LogP contribution >= 0.6 is 0 Å². The van der Waals surface area contributed by atoms with Gasteiger partial charge >= 0.3 is 0 Å². The maximum atomic E-state index is 5.71. The number of hydrogen-bond acceptors (Lipinski definition) is 3. The lowest BCUT2D eigenvalue weighted by Crippen LogP contribution is -2.27. The van der Waals surface area contributed by atoms with Crippen LogP contribution in [0.4, 0.5) is 0 Å². The van der Waals surface area contributed by atoms with Crippen molar-refractivity contribution in [3.05, 3.63) is 17.5 Å². The van der Waals surface area contributed by atoms with Gasteiger partial charge in [0, 0.05) is 25.4 Å². The highest BCUT2D eigenvalue weighted by Gasteiger charge is 2.17. The van der Waals surface area contributed by atoms with Crippen LogP contribution in [0.2, 0.25) is 0 Å². The Morgan fingerprint density at radius 1 is 1.33 bits per heavy atom. The fourth-order valence-corrected chi connectivity index (χ4v) is 2.04. The number of nitrogens with one attached hydrogen (secondary N) is 1. The van der Waals surface area contributed by atoms with Crippen LogP contribution in [0.5, 0.6) is 0 Å². The Balaban J connectivity index is 2.72. The molecule has 4 heteroatoms. The number of hydrogen-bond donors (Lipinski definition) is 1. The molecule has 1 unspecified atom stereocenters. The van der Waals surface area contributed by atoms with Gasteiger partial charge < -0.3 is 10.1 Å². The molecule has 0 aliphatic carbocycles. The maximum absolute atomic E-state index is 5.71. The van der Waals surface area contributed by atoms with Gasteiger partial charge in [0.15, 0.2) is 0 Å². The summed E-state index contributed by atoms with van der Waals surface area (Å²) in [6.45, 7) is 9.03. The summed E-state index contributed by atoms with van der Waals surface area (Å²) in [5.41, 5.74) is 2.45. The van der Waals surface area contributed by atoms with E-state index in [9.17, 15) is 0 Å². The van der Waals surface area contributed by atoms with Gasteiger partial charge in [-0.2, -0.15) is 5.10 Å². The van der Waals surface area contributed by atoms with E-state index >= 15 is 0 Å². The quantitative estimate of drug-likeness (QED) is 0.687. The monoisotopic (exact) mass is 253 g/mol. The summed E-state index contributed by atoms with van der Waals surface area (Å²) in [6.07, 6.45) is 5.27. The molecule has 1 aromatic rings. The Bertz CT molecular complexity index is 336. The molecule has 1 rings (SSSR count). The number of aryl methyl sites for hydroxylation is 2. The molecule has 0 aromatic carbocycles. The van der Waals surface area contributed by atoms with E-state index in [-0.39, 0.29) is 6.04 Å². The molecule has 1 aromatic heterocycles. The van der Waals surface area contributed by atoms with E-state index in [1.54, 1.807) is 0 Å². The Hall–Kier alpha value is -0.870. The smallest absolute Gasteiger partial charge is 0.0670 e. The van der Waals surface area contributed by atoms with Gasteiger partial charge in [0.05, 0.1) is 18.3 Å². The second-order valence-electron chi connectivity index (χ2n) is 4.64. The molecular weight excluding hydrogens is 226 g/mol. The lowest BCUT2D eigenvalue weighted by atomic mass is 10.1. The van der Waals surface area contributed by atoms with Crippen molar-refractivity contribution in [1.82, 2.24) is 15.1 Å². The SMILES string of the molecule is CCCNC(COCCC)c1cn(C)nc1CC. The van der Waals surface area contributed by atoms with Gasteiger partial charge in [-0.3, -0.25) is 4.68 Å². The molecule has 0 saturated heterocycles. The summed E-state index contributed by atoms with van der Waals surface area (Å²) in [4.78, 5) is 0. The van der Waals surface area contributed by atoms with Gasteiger partial charge in [-0.05, 0) is 25.8 Å². The van der Waals surface area contributed by atoms with Crippen molar-refractivity contribution < 1.29 is 4.74 Å². The van der Waals surface area contributed by atoms with E-state index in [2.05, 4.69) is 37.4 Å². The number of ether oxygens (including phenoxy) is 1. The fraction of sp³-hybridized carbons (Fsp3) is 0.786. The normalized spacial score (nSPS) is 12.9. The van der Waals surface area contributed by atoms with Crippen molar-refractivity contribution >= 4 is 0 Å². The average molecular weight is 253 g/mol. The third-order valence-corrected chi connectivity index (χ3v) is 2.92. The first-order chi connectivity index (χ1) is 8.72. The molecule has 18 heavy (non-hydrogen) atoms. The van der Waals surface area contributed by atoms with E-state index in [1.807, 2.05) is 11.7 Å². The van der Waals surface area contributed by atoms with E-state index < -0.39 is 0 Å². The van der Waals surface area contributed by atoms with Crippen LogP contribution < -0.4 is 5.32 Å². The summed E-state index contributed by atoms with van der Waals surface area (Å²) in [7, 11) is 1.98. The number of rotatable bonds is 9. The highest BCUT2D eigenvalue weighted by atomic mass is 16.5. The van der Waals surface area contributed by atoms with Crippen LogP contribution in [0.15, 0.2) is 6.20 Å². The van der Waals surface area contributed by atoms with Crippen LogP contribution in [0.25, 0.3) is 0 Å². The first-order valence-electron chi connectivity index (χ1n) is 7.06. The second kappa shape index (κ2) is 8.27. The van der Waals surface area contributed by atoms with Crippen molar-refractivity contribution in [2.45, 2.75) is 46.1 Å². The Morgan fingerprint density at radius 2 is 2.11 bits per heavy atom. The molecule has 104 valence electrons. The van der Waals surface area contributed by atoms with Gasteiger partial charge in [-0.25, -0.2) is 0 Å². The molecule has 1 N–H and O–H groups in total. The predicted molar refractivity (Wildman–Crippen MR) is 74.7 cm³/mol. The average Bonchev–Trinajstić information content (AvgIpc) is 2.75. The first-order valence-corrected chi connectivity index (χ1v) is 7.06. The largest absolute Gasteiger partial charge is 0.379 e. The van der Waals surface area contributed by atoms with Crippen LogP contribution in [-0.2, 0) is 18.2 Å². The standard InChI is InChI=1S/C14H27N3O/c1-5-8-15-14(11-18-9-6-2)12-10-17(4)16-13(12)7-3/h10,14-15H,5-9,11H2,1-4H3. The van der Waals surface area contributed by atoms with Gasteiger partial charge in [0.25, 0.3) is 0 Å². The molecule has 0 aliphatic rings. The van der Waals surface area contributed by atoms with E-state index in [0.717, 1.165) is 39.0 Å². The first kappa shape index (κ1) is 15.2. The fourth-order valence-electron chi connectivity index (χ4n) is 2.04. The second-order valence-corrected chi connectivity index (χ2v) is 4.64. The van der Waals surface area contributed by atoms with Crippen molar-refractivity contribution in [2.75, 3.05) is 19.8 Å². The van der Waals surface area contributed by atoms with Crippen molar-refractivity contribution in [3.8, 4) is 0 Å². The van der Waals surface area contributed by atoms with Crippen LogP contribution in [0.1, 0.15) is 50.9 Å².